The van der Waals surface area contributed by atoms with E-state index in [2.05, 4.69) is 4.98 Å². The summed E-state index contributed by atoms with van der Waals surface area (Å²) in [5.41, 5.74) is 7.02. The van der Waals surface area contributed by atoms with Gasteiger partial charge in [0.15, 0.2) is 0 Å². The third-order valence-corrected chi connectivity index (χ3v) is 2.89. The van der Waals surface area contributed by atoms with Crippen molar-refractivity contribution in [2.24, 2.45) is 5.73 Å². The number of nitrogens with two attached hydrogens (primary N) is 1. The molecule has 0 amide bonds. The van der Waals surface area contributed by atoms with Gasteiger partial charge >= 0.3 is 6.55 Å². The first-order valence-corrected chi connectivity index (χ1v) is 5.61. The predicted octanol–water partition coefficient (Wildman–Crippen LogP) is 2.71. The second kappa shape index (κ2) is 4.79. The Morgan fingerprint density at radius 1 is 1.47 bits per heavy atom. The molecule has 2 heterocycles. The highest BCUT2D eigenvalue weighted by Gasteiger charge is 2.16. The van der Waals surface area contributed by atoms with E-state index in [1.54, 1.807) is 12.1 Å². The number of hydrogen-bond acceptors (Lipinski definition) is 2. The number of alkyl halides is 2. The maximum Gasteiger partial charge on any atom is 0.320 e. The number of halogens is 2. The molecule has 0 radical (unpaired) electrons. The van der Waals surface area contributed by atoms with E-state index in [1.165, 1.54) is 12.4 Å². The number of pyridine rings is 1. The van der Waals surface area contributed by atoms with Gasteiger partial charge in [-0.2, -0.15) is 8.78 Å². The van der Waals surface area contributed by atoms with Crippen molar-refractivity contribution in [3.63, 3.8) is 0 Å². The highest BCUT2D eigenvalue weighted by atomic mass is 19.3. The fourth-order valence-electron chi connectivity index (χ4n) is 1.89. The van der Waals surface area contributed by atoms with Crippen molar-refractivity contribution in [2.45, 2.75) is 32.4 Å². The van der Waals surface area contributed by atoms with Crippen LogP contribution < -0.4 is 5.73 Å². The fraction of sp³-hybridized carbons (Fsp3) is 0.417. The Balaban J connectivity index is 2.49. The highest BCUT2D eigenvalue weighted by Crippen LogP contribution is 2.25. The molecule has 2 N–H and O–H groups in total. The van der Waals surface area contributed by atoms with E-state index in [4.69, 9.17) is 5.73 Å². The zero-order valence-corrected chi connectivity index (χ0v) is 9.61. The van der Waals surface area contributed by atoms with E-state index in [-0.39, 0.29) is 6.04 Å². The summed E-state index contributed by atoms with van der Waals surface area (Å²) in [6.45, 7) is -0.589. The second-order valence-electron chi connectivity index (χ2n) is 4.09. The van der Waals surface area contributed by atoms with E-state index >= 15 is 0 Å². The SMILES string of the molecule is CCC(N)Cc1cn(C(F)F)c2ncccc12. The maximum absolute atomic E-state index is 12.8. The molecule has 0 aliphatic rings. The molecule has 92 valence electrons. The standard InChI is InChI=1S/C12H15F2N3/c1-2-9(15)6-8-7-17(12(13)14)11-10(8)4-3-5-16-11/h3-5,7,9,12H,2,6,15H2,1H3. The number of rotatable bonds is 4. The molecular formula is C12H15F2N3. The Morgan fingerprint density at radius 3 is 2.88 bits per heavy atom. The second-order valence-corrected chi connectivity index (χ2v) is 4.09. The highest BCUT2D eigenvalue weighted by molar-refractivity contribution is 5.80. The van der Waals surface area contributed by atoms with Crippen LogP contribution in [-0.4, -0.2) is 15.6 Å². The van der Waals surface area contributed by atoms with Crippen LogP contribution >= 0.6 is 0 Å². The largest absolute Gasteiger partial charge is 0.327 e. The van der Waals surface area contributed by atoms with Crippen LogP contribution in [-0.2, 0) is 6.42 Å². The van der Waals surface area contributed by atoms with Crippen LogP contribution in [0.5, 0.6) is 0 Å². The zero-order chi connectivity index (χ0) is 12.4. The molecular weight excluding hydrogens is 224 g/mol. The molecule has 0 saturated carbocycles. The first-order chi connectivity index (χ1) is 8.13. The van der Waals surface area contributed by atoms with Gasteiger partial charge in [-0.3, -0.25) is 4.57 Å². The number of aromatic nitrogens is 2. The number of nitrogens with zero attached hydrogens (tertiary/aromatic N) is 2. The minimum absolute atomic E-state index is 0.00747. The fourth-order valence-corrected chi connectivity index (χ4v) is 1.89. The normalized spacial score (nSPS) is 13.5. The first kappa shape index (κ1) is 12.0. The molecule has 0 aromatic carbocycles. The molecule has 5 heteroatoms. The topological polar surface area (TPSA) is 43.8 Å². The smallest absolute Gasteiger partial charge is 0.320 e. The quantitative estimate of drug-likeness (QED) is 0.891. The summed E-state index contributed by atoms with van der Waals surface area (Å²) in [6, 6.07) is 3.55. The summed E-state index contributed by atoms with van der Waals surface area (Å²) in [5.74, 6) is 0. The molecule has 0 saturated heterocycles. The summed E-state index contributed by atoms with van der Waals surface area (Å²) in [6.07, 6.45) is 4.39. The Morgan fingerprint density at radius 2 is 2.24 bits per heavy atom. The van der Waals surface area contributed by atoms with Crippen LogP contribution in [0.2, 0.25) is 0 Å². The lowest BCUT2D eigenvalue weighted by atomic mass is 10.1. The molecule has 1 atom stereocenters. The third-order valence-electron chi connectivity index (χ3n) is 2.89. The molecule has 0 fully saturated rings. The molecule has 0 aliphatic heterocycles. The molecule has 0 bridgehead atoms. The molecule has 2 aromatic rings. The Hall–Kier alpha value is -1.49. The van der Waals surface area contributed by atoms with Gasteiger partial charge in [-0.15, -0.1) is 0 Å². The van der Waals surface area contributed by atoms with Gasteiger partial charge in [0, 0.05) is 23.8 Å². The van der Waals surface area contributed by atoms with E-state index < -0.39 is 6.55 Å². The monoisotopic (exact) mass is 239 g/mol. The van der Waals surface area contributed by atoms with E-state index in [0.717, 1.165) is 21.9 Å². The lowest BCUT2D eigenvalue weighted by Gasteiger charge is -2.06. The molecule has 1 unspecified atom stereocenters. The maximum atomic E-state index is 12.8. The van der Waals surface area contributed by atoms with Crippen LogP contribution in [0.3, 0.4) is 0 Å². The van der Waals surface area contributed by atoms with Crippen molar-refractivity contribution in [1.82, 2.24) is 9.55 Å². The minimum Gasteiger partial charge on any atom is -0.327 e. The van der Waals surface area contributed by atoms with Crippen LogP contribution in [0.4, 0.5) is 8.78 Å². The lowest BCUT2D eigenvalue weighted by molar-refractivity contribution is 0.0745. The van der Waals surface area contributed by atoms with E-state index in [9.17, 15) is 8.78 Å². The predicted molar refractivity (Wildman–Crippen MR) is 63.0 cm³/mol. The summed E-state index contributed by atoms with van der Waals surface area (Å²) in [7, 11) is 0. The van der Waals surface area contributed by atoms with Crippen molar-refractivity contribution >= 4 is 11.0 Å². The van der Waals surface area contributed by atoms with Crippen molar-refractivity contribution < 1.29 is 8.78 Å². The van der Waals surface area contributed by atoms with Gasteiger partial charge in [0.05, 0.1) is 0 Å². The number of fused-ring (bicyclic) bond motifs is 1. The zero-order valence-electron chi connectivity index (χ0n) is 9.61. The van der Waals surface area contributed by atoms with Crippen molar-refractivity contribution in [1.29, 1.82) is 0 Å². The average molecular weight is 239 g/mol. The molecule has 0 spiro atoms. The van der Waals surface area contributed by atoms with Crippen molar-refractivity contribution in [3.8, 4) is 0 Å². The third kappa shape index (κ3) is 2.29. The molecule has 17 heavy (non-hydrogen) atoms. The average Bonchev–Trinajstić information content (AvgIpc) is 2.68. The van der Waals surface area contributed by atoms with Gasteiger partial charge in [0.25, 0.3) is 0 Å². The van der Waals surface area contributed by atoms with Gasteiger partial charge < -0.3 is 5.73 Å². The molecule has 2 rings (SSSR count). The van der Waals surface area contributed by atoms with Crippen LogP contribution in [0.1, 0.15) is 25.5 Å². The molecule has 3 nitrogen and oxygen atoms in total. The van der Waals surface area contributed by atoms with Gasteiger partial charge in [-0.25, -0.2) is 4.98 Å². The van der Waals surface area contributed by atoms with Crippen LogP contribution in [0.25, 0.3) is 11.0 Å². The summed E-state index contributed by atoms with van der Waals surface area (Å²) in [5, 5.41) is 0.761. The summed E-state index contributed by atoms with van der Waals surface area (Å²) in [4.78, 5) is 4.00. The van der Waals surface area contributed by atoms with Crippen molar-refractivity contribution in [2.75, 3.05) is 0 Å². The van der Waals surface area contributed by atoms with Gasteiger partial charge in [0.1, 0.15) is 5.65 Å². The van der Waals surface area contributed by atoms with E-state index in [1.807, 2.05) is 6.92 Å². The van der Waals surface area contributed by atoms with Gasteiger partial charge in [-0.1, -0.05) is 6.92 Å². The Kier molecular flexibility index (Phi) is 3.38. The number of hydrogen-bond donors (Lipinski definition) is 1. The first-order valence-electron chi connectivity index (χ1n) is 5.61. The molecule has 2 aromatic heterocycles. The Labute approximate surface area is 98.2 Å². The lowest BCUT2D eigenvalue weighted by Crippen LogP contribution is -2.21. The van der Waals surface area contributed by atoms with Crippen molar-refractivity contribution in [3.05, 3.63) is 30.1 Å². The summed E-state index contributed by atoms with van der Waals surface area (Å²) < 4.78 is 26.5. The van der Waals surface area contributed by atoms with Crippen LogP contribution in [0.15, 0.2) is 24.5 Å². The van der Waals surface area contributed by atoms with E-state index in [0.29, 0.717) is 12.1 Å². The molecule has 0 aliphatic carbocycles. The van der Waals surface area contributed by atoms with Gasteiger partial charge in [0.2, 0.25) is 0 Å². The Bertz CT molecular complexity index is 507. The van der Waals surface area contributed by atoms with Crippen LogP contribution in [0, 0.1) is 0 Å². The summed E-state index contributed by atoms with van der Waals surface area (Å²) >= 11 is 0. The van der Waals surface area contributed by atoms with Gasteiger partial charge in [-0.05, 0) is 30.5 Å². The minimum atomic E-state index is -2.57.